The number of hydrogen-bond acceptors (Lipinski definition) is 8. The van der Waals surface area contributed by atoms with Gasteiger partial charge in [0.2, 0.25) is 0 Å². The molecule has 2 aromatic carbocycles. The Hall–Kier alpha value is -4.23. The third kappa shape index (κ3) is 4.53. The fourth-order valence-corrected chi connectivity index (χ4v) is 3.67. The Balaban J connectivity index is 1.84. The average molecular weight is 523 g/mol. The predicted molar refractivity (Wildman–Crippen MR) is 121 cm³/mol. The number of ether oxygens (including phenoxy) is 3. The number of carboxylic acid groups (broad SMARTS) is 1. The van der Waals surface area contributed by atoms with Gasteiger partial charge >= 0.3 is 11.7 Å². The summed E-state index contributed by atoms with van der Waals surface area (Å²) in [5.41, 5.74) is -1.63. The molecular weight excluding hydrogens is 506 g/mol. The molecule has 11 nitrogen and oxygen atoms in total. The molecule has 0 saturated heterocycles. The number of carbonyl (C=O) groups is 1. The quantitative estimate of drug-likeness (QED) is 0.301. The third-order valence-electron chi connectivity index (χ3n) is 5.02. The molecule has 0 bridgehead atoms. The van der Waals surface area contributed by atoms with E-state index in [9.17, 15) is 23.5 Å². The van der Waals surface area contributed by atoms with Crippen molar-refractivity contribution in [2.24, 2.45) is 0 Å². The van der Waals surface area contributed by atoms with Crippen molar-refractivity contribution in [3.8, 4) is 22.9 Å². The number of aromatic carboxylic acids is 1. The third-order valence-corrected chi connectivity index (χ3v) is 5.33. The first-order valence-electron chi connectivity index (χ1n) is 10.2. The van der Waals surface area contributed by atoms with Crippen molar-refractivity contribution >= 4 is 28.7 Å². The number of H-pyrrole nitrogens is 1. The van der Waals surface area contributed by atoms with Gasteiger partial charge in [-0.15, -0.1) is 0 Å². The number of rotatable bonds is 9. The van der Waals surface area contributed by atoms with Gasteiger partial charge in [0.05, 0.1) is 30.0 Å². The van der Waals surface area contributed by atoms with E-state index in [0.717, 1.165) is 17.0 Å². The van der Waals surface area contributed by atoms with Crippen molar-refractivity contribution in [2.75, 3.05) is 20.3 Å². The van der Waals surface area contributed by atoms with Crippen molar-refractivity contribution in [1.29, 1.82) is 0 Å². The largest absolute Gasteiger partial charge is 0.496 e. The summed E-state index contributed by atoms with van der Waals surface area (Å²) in [6.07, 6.45) is 0.971. The molecule has 188 valence electrons. The number of aromatic nitrogens is 4. The lowest BCUT2D eigenvalue weighted by Crippen LogP contribution is -2.16. The van der Waals surface area contributed by atoms with Gasteiger partial charge in [-0.1, -0.05) is 11.6 Å². The second-order valence-corrected chi connectivity index (χ2v) is 7.55. The number of benzene rings is 2. The van der Waals surface area contributed by atoms with Crippen LogP contribution in [0.15, 0.2) is 35.4 Å². The SMILES string of the molecule is COc1ccc(F)c(F)c1COc1cc(-n2c(=O)[nH]c3c(C(=O)O)ncnc32)c(Cl)cc1OCCO. The molecule has 4 aromatic rings. The first kappa shape index (κ1) is 24.9. The molecule has 0 saturated carbocycles. The van der Waals surface area contributed by atoms with E-state index in [1.165, 1.54) is 25.3 Å². The Morgan fingerprint density at radius 3 is 2.61 bits per heavy atom. The summed E-state index contributed by atoms with van der Waals surface area (Å²) in [6.45, 7) is -0.995. The highest BCUT2D eigenvalue weighted by atomic mass is 35.5. The van der Waals surface area contributed by atoms with Crippen LogP contribution in [0, 0.1) is 11.6 Å². The van der Waals surface area contributed by atoms with Crippen molar-refractivity contribution in [1.82, 2.24) is 19.5 Å². The Morgan fingerprint density at radius 2 is 1.92 bits per heavy atom. The number of aliphatic hydroxyl groups is 1. The second-order valence-electron chi connectivity index (χ2n) is 7.14. The van der Waals surface area contributed by atoms with Gasteiger partial charge in [0.15, 0.2) is 34.5 Å². The minimum atomic E-state index is -1.38. The number of halogens is 3. The highest BCUT2D eigenvalue weighted by molar-refractivity contribution is 6.32. The van der Waals surface area contributed by atoms with Gasteiger partial charge in [0.1, 0.15) is 30.8 Å². The molecule has 0 aliphatic heterocycles. The standard InChI is InChI=1S/C22H17ClF2N4O7/c1-34-14-3-2-12(24)17(25)10(14)8-36-16-7-13(11(23)6-15(16)35-5-4-30)29-20-18(28-22(29)33)19(21(31)32)26-9-27-20/h2-3,6-7,9,30H,4-5,8H2,1H3,(H,28,33)(H,31,32). The summed E-state index contributed by atoms with van der Waals surface area (Å²) in [6, 6.07) is 4.70. The lowest BCUT2D eigenvalue weighted by Gasteiger charge is -2.17. The van der Waals surface area contributed by atoms with Crippen LogP contribution in [0.3, 0.4) is 0 Å². The average Bonchev–Trinajstić information content (AvgIpc) is 3.19. The molecule has 0 unspecified atom stereocenters. The number of imidazole rings is 1. The van der Waals surface area contributed by atoms with Gasteiger partial charge in [0.25, 0.3) is 0 Å². The molecule has 0 radical (unpaired) electrons. The predicted octanol–water partition coefficient (Wildman–Crippen LogP) is 2.70. The molecule has 3 N–H and O–H groups in total. The first-order chi connectivity index (χ1) is 17.3. The van der Waals surface area contributed by atoms with Crippen molar-refractivity contribution in [3.05, 3.63) is 69.0 Å². The zero-order valence-corrected chi connectivity index (χ0v) is 19.2. The van der Waals surface area contributed by atoms with Crippen LogP contribution < -0.4 is 19.9 Å². The lowest BCUT2D eigenvalue weighted by atomic mass is 10.2. The molecule has 2 heterocycles. The van der Waals surface area contributed by atoms with E-state index >= 15 is 0 Å². The van der Waals surface area contributed by atoms with E-state index in [4.69, 9.17) is 30.9 Å². The minimum Gasteiger partial charge on any atom is -0.496 e. The fraction of sp³-hybridized carbons (Fsp3) is 0.182. The molecule has 0 atom stereocenters. The van der Waals surface area contributed by atoms with Crippen LogP contribution in [0.4, 0.5) is 8.78 Å². The van der Waals surface area contributed by atoms with E-state index in [0.29, 0.717) is 0 Å². The minimum absolute atomic E-state index is 0.0148. The summed E-state index contributed by atoms with van der Waals surface area (Å²) < 4.78 is 45.4. The maximum Gasteiger partial charge on any atom is 0.356 e. The number of hydrogen-bond donors (Lipinski definition) is 3. The van der Waals surface area contributed by atoms with Crippen molar-refractivity contribution in [2.45, 2.75) is 6.61 Å². The van der Waals surface area contributed by atoms with E-state index in [-0.39, 0.29) is 57.9 Å². The summed E-state index contributed by atoms with van der Waals surface area (Å²) >= 11 is 6.40. The molecule has 0 fully saturated rings. The first-order valence-corrected chi connectivity index (χ1v) is 10.5. The summed E-state index contributed by atoms with van der Waals surface area (Å²) in [4.78, 5) is 34.3. The molecule has 0 spiro atoms. The molecule has 4 rings (SSSR count). The van der Waals surface area contributed by atoms with E-state index in [1.807, 2.05) is 0 Å². The Labute approximate surface area is 205 Å². The van der Waals surface area contributed by atoms with E-state index in [1.54, 1.807) is 0 Å². The summed E-state index contributed by atoms with van der Waals surface area (Å²) in [5.74, 6) is -3.66. The zero-order chi connectivity index (χ0) is 26.0. The van der Waals surface area contributed by atoms with Crippen molar-refractivity contribution < 1.29 is 38.0 Å². The Bertz CT molecular complexity index is 1520. The number of methoxy groups -OCH3 is 1. The topological polar surface area (TPSA) is 149 Å². The Morgan fingerprint density at radius 1 is 1.17 bits per heavy atom. The van der Waals surface area contributed by atoms with Crippen LogP contribution in [0.5, 0.6) is 17.2 Å². The number of nitrogens with one attached hydrogen (secondary N) is 1. The molecule has 0 aliphatic rings. The number of aromatic amines is 1. The molecule has 36 heavy (non-hydrogen) atoms. The smallest absolute Gasteiger partial charge is 0.356 e. The van der Waals surface area contributed by atoms with Crippen LogP contribution in [0.1, 0.15) is 16.1 Å². The molecule has 2 aromatic heterocycles. The zero-order valence-electron chi connectivity index (χ0n) is 18.4. The summed E-state index contributed by atoms with van der Waals surface area (Å²) in [5, 5.41) is 18.5. The van der Waals surface area contributed by atoms with E-state index in [2.05, 4.69) is 15.0 Å². The highest BCUT2D eigenvalue weighted by Crippen LogP contribution is 2.37. The van der Waals surface area contributed by atoms with Crippen LogP contribution in [0.25, 0.3) is 16.9 Å². The van der Waals surface area contributed by atoms with Crippen LogP contribution in [0.2, 0.25) is 5.02 Å². The van der Waals surface area contributed by atoms with Gasteiger partial charge in [-0.05, 0) is 12.1 Å². The number of carboxylic acids is 1. The molecule has 0 aliphatic carbocycles. The second kappa shape index (κ2) is 10.2. The summed E-state index contributed by atoms with van der Waals surface area (Å²) in [7, 11) is 1.28. The lowest BCUT2D eigenvalue weighted by molar-refractivity contribution is 0.0692. The van der Waals surface area contributed by atoms with Gasteiger partial charge in [-0.3, -0.25) is 0 Å². The van der Waals surface area contributed by atoms with Crippen LogP contribution >= 0.6 is 11.6 Å². The van der Waals surface area contributed by atoms with Crippen molar-refractivity contribution in [3.63, 3.8) is 0 Å². The maximum atomic E-state index is 14.4. The molecule has 0 amide bonds. The number of aliphatic hydroxyl groups excluding tert-OH is 1. The highest BCUT2D eigenvalue weighted by Gasteiger charge is 2.22. The molecular formula is C22H17ClF2N4O7. The van der Waals surface area contributed by atoms with Gasteiger partial charge < -0.3 is 29.4 Å². The molecule has 14 heteroatoms. The number of nitrogens with zero attached hydrogens (tertiary/aromatic N) is 3. The monoisotopic (exact) mass is 522 g/mol. The normalized spacial score (nSPS) is 11.0. The maximum absolute atomic E-state index is 14.4. The van der Waals surface area contributed by atoms with E-state index < -0.39 is 35.6 Å². The van der Waals surface area contributed by atoms with Gasteiger partial charge in [-0.2, -0.15) is 0 Å². The fourth-order valence-electron chi connectivity index (χ4n) is 3.43. The van der Waals surface area contributed by atoms with Gasteiger partial charge in [-0.25, -0.2) is 32.9 Å². The Kier molecular flexibility index (Phi) is 7.03. The van der Waals surface area contributed by atoms with Crippen LogP contribution in [-0.4, -0.2) is 56.0 Å². The van der Waals surface area contributed by atoms with Crippen LogP contribution in [-0.2, 0) is 6.61 Å². The van der Waals surface area contributed by atoms with Gasteiger partial charge in [0, 0.05) is 12.1 Å². The number of fused-ring (bicyclic) bond motifs is 1.